The van der Waals surface area contributed by atoms with Crippen LogP contribution in [0.4, 0.5) is 9.59 Å². The van der Waals surface area contributed by atoms with Crippen molar-refractivity contribution in [1.82, 2.24) is 19.6 Å². The number of carbonyl (C=O) groups is 2. The molecule has 10 heteroatoms. The molecule has 2 rings (SSSR count). The van der Waals surface area contributed by atoms with Crippen LogP contribution in [0.3, 0.4) is 0 Å². The van der Waals surface area contributed by atoms with Gasteiger partial charge in [-0.1, -0.05) is 13.3 Å². The van der Waals surface area contributed by atoms with Gasteiger partial charge in [0.15, 0.2) is 11.3 Å². The van der Waals surface area contributed by atoms with Crippen molar-refractivity contribution in [1.29, 1.82) is 0 Å². The van der Waals surface area contributed by atoms with Gasteiger partial charge < -0.3 is 18.9 Å². The van der Waals surface area contributed by atoms with Crippen molar-refractivity contribution < 1.29 is 28.5 Å². The summed E-state index contributed by atoms with van der Waals surface area (Å²) < 4.78 is 22.7. The van der Waals surface area contributed by atoms with Crippen LogP contribution in [0.15, 0.2) is 0 Å². The molecule has 2 aliphatic heterocycles. The van der Waals surface area contributed by atoms with E-state index in [4.69, 9.17) is 18.9 Å². The topological polar surface area (TPSA) is 84.0 Å². The molecule has 0 spiro atoms. The van der Waals surface area contributed by atoms with Gasteiger partial charge in [0.05, 0.1) is 0 Å². The molecule has 0 aromatic rings. The van der Waals surface area contributed by atoms with E-state index in [0.29, 0.717) is 32.8 Å². The lowest BCUT2D eigenvalue weighted by Gasteiger charge is -2.47. The zero-order chi connectivity index (χ0) is 22.4. The number of hydrogen-bond donors (Lipinski definition) is 0. The molecule has 0 atom stereocenters. The SMILES string of the molecule is CCCC12N(COCC)C(=O)N(COCC)C1(C)N(COCC)C(=O)N2COCC. The number of rotatable bonds is 14. The predicted octanol–water partition coefficient (Wildman–Crippen LogP) is 2.65. The number of amides is 4. The number of urea groups is 2. The van der Waals surface area contributed by atoms with Crippen LogP contribution in [0.25, 0.3) is 0 Å². The van der Waals surface area contributed by atoms with Crippen molar-refractivity contribution in [3.8, 4) is 0 Å². The fourth-order valence-corrected chi connectivity index (χ4v) is 4.49. The molecule has 0 N–H and O–H groups in total. The normalized spacial score (nSPS) is 26.3. The summed E-state index contributed by atoms with van der Waals surface area (Å²) in [7, 11) is 0. The molecule has 0 bridgehead atoms. The molecule has 2 aliphatic rings. The second kappa shape index (κ2) is 10.6. The number of fused-ring (bicyclic) bond motifs is 1. The van der Waals surface area contributed by atoms with Crippen molar-refractivity contribution in [3.05, 3.63) is 0 Å². The van der Waals surface area contributed by atoms with Crippen LogP contribution in [-0.4, -0.2) is 96.3 Å². The Morgan fingerprint density at radius 3 is 1.27 bits per heavy atom. The van der Waals surface area contributed by atoms with E-state index >= 15 is 0 Å². The summed E-state index contributed by atoms with van der Waals surface area (Å²) in [4.78, 5) is 33.8. The molecule has 2 heterocycles. The number of carbonyl (C=O) groups excluding carboxylic acids is 2. The third-order valence-corrected chi connectivity index (χ3v) is 5.92. The maximum atomic E-state index is 13.6. The van der Waals surface area contributed by atoms with Gasteiger partial charge in [0.25, 0.3) is 0 Å². The summed E-state index contributed by atoms with van der Waals surface area (Å²) >= 11 is 0. The standard InChI is InChI=1S/C20H38N4O6/c1-7-12-20-19(6,21(13-27-8-2)17(25)23(20)15-29-10-4)22(14-28-9-3)18(26)24(20)16-30-11-5/h7-16H2,1-6H3. The van der Waals surface area contributed by atoms with Gasteiger partial charge in [-0.3, -0.25) is 19.6 Å². The van der Waals surface area contributed by atoms with E-state index < -0.39 is 11.3 Å². The molecule has 30 heavy (non-hydrogen) atoms. The monoisotopic (exact) mass is 430 g/mol. The van der Waals surface area contributed by atoms with Crippen LogP contribution in [0.5, 0.6) is 0 Å². The van der Waals surface area contributed by atoms with Gasteiger partial charge in [0, 0.05) is 26.4 Å². The molecule has 0 aromatic heterocycles. The first-order valence-electron chi connectivity index (χ1n) is 10.9. The summed E-state index contributed by atoms with van der Waals surface area (Å²) in [5, 5.41) is 0. The Bertz CT molecular complexity index is 550. The summed E-state index contributed by atoms with van der Waals surface area (Å²) in [5.74, 6) is 0. The molecule has 10 nitrogen and oxygen atoms in total. The van der Waals surface area contributed by atoms with Gasteiger partial charge >= 0.3 is 12.1 Å². The van der Waals surface area contributed by atoms with Crippen LogP contribution >= 0.6 is 0 Å². The summed E-state index contributed by atoms with van der Waals surface area (Å²) in [6.07, 6.45) is 1.32. The minimum absolute atomic E-state index is 0.0678. The quantitative estimate of drug-likeness (QED) is 0.421. The molecule has 2 saturated heterocycles. The highest BCUT2D eigenvalue weighted by Crippen LogP contribution is 2.53. The fraction of sp³-hybridized carbons (Fsp3) is 0.900. The van der Waals surface area contributed by atoms with E-state index in [1.165, 1.54) is 0 Å². The van der Waals surface area contributed by atoms with Crippen LogP contribution in [-0.2, 0) is 18.9 Å². The second-order valence-corrected chi connectivity index (χ2v) is 7.35. The summed E-state index contributed by atoms with van der Waals surface area (Å²) in [6.45, 7) is 13.6. The Hall–Kier alpha value is -1.62. The molecule has 174 valence electrons. The molecule has 0 unspecified atom stereocenters. The highest BCUT2D eigenvalue weighted by molar-refractivity contribution is 5.88. The Morgan fingerprint density at radius 2 is 0.967 bits per heavy atom. The molecule has 2 fully saturated rings. The highest BCUT2D eigenvalue weighted by Gasteiger charge is 2.76. The first-order chi connectivity index (χ1) is 14.4. The zero-order valence-corrected chi connectivity index (χ0v) is 19.3. The molecule has 0 aromatic carbocycles. The fourth-order valence-electron chi connectivity index (χ4n) is 4.49. The highest BCUT2D eigenvalue weighted by atomic mass is 16.5. The molecule has 0 aliphatic carbocycles. The average molecular weight is 431 g/mol. The zero-order valence-electron chi connectivity index (χ0n) is 19.3. The van der Waals surface area contributed by atoms with E-state index in [1.54, 1.807) is 19.6 Å². The third kappa shape index (κ3) is 3.74. The van der Waals surface area contributed by atoms with Crippen molar-refractivity contribution in [2.24, 2.45) is 0 Å². The second-order valence-electron chi connectivity index (χ2n) is 7.35. The van der Waals surface area contributed by atoms with Gasteiger partial charge in [-0.15, -0.1) is 0 Å². The predicted molar refractivity (Wildman–Crippen MR) is 110 cm³/mol. The lowest BCUT2D eigenvalue weighted by Crippen LogP contribution is -2.67. The minimum Gasteiger partial charge on any atom is -0.361 e. The van der Waals surface area contributed by atoms with Crippen LogP contribution < -0.4 is 0 Å². The molecule has 0 radical (unpaired) electrons. The van der Waals surface area contributed by atoms with Crippen molar-refractivity contribution >= 4 is 12.1 Å². The van der Waals surface area contributed by atoms with Gasteiger partial charge in [0.2, 0.25) is 0 Å². The van der Waals surface area contributed by atoms with E-state index in [-0.39, 0.29) is 39.0 Å². The maximum absolute atomic E-state index is 13.6. The third-order valence-electron chi connectivity index (χ3n) is 5.92. The summed E-state index contributed by atoms with van der Waals surface area (Å²) in [5.41, 5.74) is -2.00. The van der Waals surface area contributed by atoms with Crippen molar-refractivity contribution in [2.45, 2.75) is 65.7 Å². The van der Waals surface area contributed by atoms with Gasteiger partial charge in [-0.2, -0.15) is 0 Å². The maximum Gasteiger partial charge on any atom is 0.327 e. The number of ether oxygens (including phenoxy) is 4. The Morgan fingerprint density at radius 1 is 0.633 bits per heavy atom. The largest absolute Gasteiger partial charge is 0.361 e. The smallest absolute Gasteiger partial charge is 0.327 e. The van der Waals surface area contributed by atoms with Crippen molar-refractivity contribution in [2.75, 3.05) is 53.4 Å². The number of nitrogens with zero attached hydrogens (tertiary/aromatic N) is 4. The van der Waals surface area contributed by atoms with Crippen LogP contribution in [0.1, 0.15) is 54.4 Å². The van der Waals surface area contributed by atoms with Gasteiger partial charge in [-0.05, 0) is 41.0 Å². The Balaban J connectivity index is 2.66. The molecule has 0 saturated carbocycles. The minimum atomic E-state index is -1.02. The average Bonchev–Trinajstić information content (AvgIpc) is 3.01. The van der Waals surface area contributed by atoms with Crippen LogP contribution in [0.2, 0.25) is 0 Å². The molecular formula is C20H38N4O6. The van der Waals surface area contributed by atoms with E-state index in [9.17, 15) is 9.59 Å². The van der Waals surface area contributed by atoms with E-state index in [0.717, 1.165) is 6.42 Å². The lowest BCUT2D eigenvalue weighted by atomic mass is 9.89. The van der Waals surface area contributed by atoms with Gasteiger partial charge in [-0.25, -0.2) is 9.59 Å². The van der Waals surface area contributed by atoms with Crippen LogP contribution in [0, 0.1) is 0 Å². The molecular weight excluding hydrogens is 392 g/mol. The van der Waals surface area contributed by atoms with E-state index in [1.807, 2.05) is 41.5 Å². The first kappa shape index (κ1) is 24.6. The van der Waals surface area contributed by atoms with E-state index in [2.05, 4.69) is 0 Å². The Labute approximate surface area is 179 Å². The van der Waals surface area contributed by atoms with Crippen molar-refractivity contribution in [3.63, 3.8) is 0 Å². The molecule has 4 amide bonds. The summed E-state index contributed by atoms with van der Waals surface area (Å²) in [6, 6.07) is -0.466. The Kier molecular flexibility index (Phi) is 8.72. The first-order valence-corrected chi connectivity index (χ1v) is 10.9. The number of hydrogen-bond acceptors (Lipinski definition) is 6. The lowest BCUT2D eigenvalue weighted by molar-refractivity contribution is -0.136. The van der Waals surface area contributed by atoms with Gasteiger partial charge in [0.1, 0.15) is 26.9 Å².